The van der Waals surface area contributed by atoms with Crippen LogP contribution < -0.4 is 14.5 Å². The van der Waals surface area contributed by atoms with Crippen LogP contribution in [0.4, 0.5) is 11.4 Å². The zero-order chi connectivity index (χ0) is 17.4. The fraction of sp³-hybridized carbons (Fsp3) is 0.263. The van der Waals surface area contributed by atoms with Crippen molar-refractivity contribution in [3.05, 3.63) is 53.6 Å². The lowest BCUT2D eigenvalue weighted by Crippen LogP contribution is -2.42. The first-order valence-electron chi connectivity index (χ1n) is 8.22. The van der Waals surface area contributed by atoms with Crippen LogP contribution in [0.5, 0.6) is 5.75 Å². The molecule has 25 heavy (non-hydrogen) atoms. The molecule has 128 valence electrons. The van der Waals surface area contributed by atoms with Crippen molar-refractivity contribution in [1.29, 1.82) is 0 Å². The Morgan fingerprint density at radius 3 is 2.84 bits per heavy atom. The number of anilines is 2. The molecule has 1 fully saturated rings. The van der Waals surface area contributed by atoms with Crippen molar-refractivity contribution in [2.75, 3.05) is 29.5 Å². The number of para-hydroxylation sites is 2. The summed E-state index contributed by atoms with van der Waals surface area (Å²) in [5, 5.41) is 0.571. The number of carbonyl (C=O) groups is 2. The van der Waals surface area contributed by atoms with Crippen LogP contribution in [0.25, 0.3) is 0 Å². The van der Waals surface area contributed by atoms with Gasteiger partial charge in [0.1, 0.15) is 12.4 Å². The predicted molar refractivity (Wildman–Crippen MR) is 96.2 cm³/mol. The summed E-state index contributed by atoms with van der Waals surface area (Å²) in [6, 6.07) is 14.6. The third kappa shape index (κ3) is 2.96. The third-order valence-corrected chi connectivity index (χ3v) is 4.82. The minimum Gasteiger partial charge on any atom is -0.490 e. The molecule has 0 radical (unpaired) electrons. The van der Waals surface area contributed by atoms with E-state index in [1.54, 1.807) is 28.0 Å². The third-order valence-electron chi connectivity index (χ3n) is 4.59. The normalized spacial score (nSPS) is 19.6. The van der Waals surface area contributed by atoms with E-state index in [0.29, 0.717) is 30.5 Å². The van der Waals surface area contributed by atoms with Crippen molar-refractivity contribution >= 4 is 34.8 Å². The molecule has 1 atom stereocenters. The molecule has 2 aromatic rings. The average Bonchev–Trinajstić information content (AvgIpc) is 3.02. The summed E-state index contributed by atoms with van der Waals surface area (Å²) in [7, 11) is 0. The first-order valence-corrected chi connectivity index (χ1v) is 8.60. The summed E-state index contributed by atoms with van der Waals surface area (Å²) in [4.78, 5) is 28.8. The second-order valence-corrected chi connectivity index (χ2v) is 6.63. The standard InChI is InChI=1S/C19H17ClN2O3/c20-14-4-3-5-15(11-14)22-12-13(10-18(22)23)19(24)21-8-9-25-17-7-2-1-6-16(17)21/h1-7,11,13H,8-10,12H2/t13-/m1/s1. The number of hydrogen-bond donors (Lipinski definition) is 0. The maximum atomic E-state index is 13.0. The number of amides is 2. The van der Waals surface area contributed by atoms with E-state index in [1.807, 2.05) is 30.3 Å². The van der Waals surface area contributed by atoms with Crippen LogP contribution in [0, 0.1) is 5.92 Å². The lowest BCUT2D eigenvalue weighted by Gasteiger charge is -2.31. The van der Waals surface area contributed by atoms with Gasteiger partial charge in [0.15, 0.2) is 0 Å². The molecule has 0 aromatic heterocycles. The summed E-state index contributed by atoms with van der Waals surface area (Å²) in [6.45, 7) is 1.33. The van der Waals surface area contributed by atoms with Gasteiger partial charge in [-0.1, -0.05) is 29.8 Å². The highest BCUT2D eigenvalue weighted by Crippen LogP contribution is 2.34. The molecule has 2 aliphatic rings. The quantitative estimate of drug-likeness (QED) is 0.830. The number of rotatable bonds is 2. The molecule has 0 spiro atoms. The van der Waals surface area contributed by atoms with Gasteiger partial charge in [-0.15, -0.1) is 0 Å². The number of halogens is 1. The zero-order valence-electron chi connectivity index (χ0n) is 13.5. The highest BCUT2D eigenvalue weighted by molar-refractivity contribution is 6.31. The summed E-state index contributed by atoms with van der Waals surface area (Å²) in [5.41, 5.74) is 1.50. The molecule has 0 saturated carbocycles. The Kier molecular flexibility index (Phi) is 4.09. The molecule has 2 aromatic carbocycles. The Morgan fingerprint density at radius 1 is 1.16 bits per heavy atom. The van der Waals surface area contributed by atoms with Crippen LogP contribution in [-0.2, 0) is 9.59 Å². The smallest absolute Gasteiger partial charge is 0.232 e. The lowest BCUT2D eigenvalue weighted by atomic mass is 10.1. The Bertz CT molecular complexity index is 839. The highest BCUT2D eigenvalue weighted by Gasteiger charge is 2.38. The Balaban J connectivity index is 1.56. The Morgan fingerprint density at radius 2 is 2.00 bits per heavy atom. The first kappa shape index (κ1) is 16.0. The van der Waals surface area contributed by atoms with E-state index in [0.717, 1.165) is 11.4 Å². The van der Waals surface area contributed by atoms with E-state index in [9.17, 15) is 9.59 Å². The van der Waals surface area contributed by atoms with Crippen LogP contribution >= 0.6 is 11.6 Å². The molecule has 0 bridgehead atoms. The monoisotopic (exact) mass is 356 g/mol. The lowest BCUT2D eigenvalue weighted by molar-refractivity contribution is -0.124. The largest absolute Gasteiger partial charge is 0.490 e. The molecule has 2 aliphatic heterocycles. The van der Waals surface area contributed by atoms with Gasteiger partial charge in [-0.25, -0.2) is 0 Å². The topological polar surface area (TPSA) is 49.9 Å². The van der Waals surface area contributed by atoms with Crippen LogP contribution in [0.1, 0.15) is 6.42 Å². The minimum absolute atomic E-state index is 0.0337. The van der Waals surface area contributed by atoms with E-state index in [-0.39, 0.29) is 24.2 Å². The van der Waals surface area contributed by atoms with Crippen LogP contribution in [0.2, 0.25) is 5.02 Å². The van der Waals surface area contributed by atoms with Gasteiger partial charge in [0.2, 0.25) is 11.8 Å². The number of hydrogen-bond acceptors (Lipinski definition) is 3. The summed E-state index contributed by atoms with van der Waals surface area (Å²) >= 11 is 6.02. The number of fused-ring (bicyclic) bond motifs is 1. The SMILES string of the molecule is O=C1C[C@@H](C(=O)N2CCOc3ccccc32)CN1c1cccc(Cl)c1. The summed E-state index contributed by atoms with van der Waals surface area (Å²) in [6.07, 6.45) is 0.213. The molecule has 0 unspecified atom stereocenters. The van der Waals surface area contributed by atoms with Gasteiger partial charge in [0, 0.05) is 23.7 Å². The van der Waals surface area contributed by atoms with Crippen molar-refractivity contribution < 1.29 is 14.3 Å². The zero-order valence-corrected chi connectivity index (χ0v) is 14.3. The van der Waals surface area contributed by atoms with Gasteiger partial charge in [-0.2, -0.15) is 0 Å². The highest BCUT2D eigenvalue weighted by atomic mass is 35.5. The second kappa shape index (κ2) is 6.41. The van der Waals surface area contributed by atoms with Crippen molar-refractivity contribution in [2.45, 2.75) is 6.42 Å². The average molecular weight is 357 g/mol. The predicted octanol–water partition coefficient (Wildman–Crippen LogP) is 3.12. The van der Waals surface area contributed by atoms with Crippen molar-refractivity contribution in [3.63, 3.8) is 0 Å². The summed E-state index contributed by atoms with van der Waals surface area (Å²) in [5.74, 6) is 0.256. The Hall–Kier alpha value is -2.53. The van der Waals surface area contributed by atoms with Crippen LogP contribution in [-0.4, -0.2) is 31.5 Å². The fourth-order valence-electron chi connectivity index (χ4n) is 3.39. The van der Waals surface area contributed by atoms with Gasteiger partial charge in [-0.05, 0) is 30.3 Å². The van der Waals surface area contributed by atoms with Crippen LogP contribution in [0.15, 0.2) is 48.5 Å². The van der Waals surface area contributed by atoms with Gasteiger partial charge >= 0.3 is 0 Å². The molecule has 1 saturated heterocycles. The molecular weight excluding hydrogens is 340 g/mol. The van der Waals surface area contributed by atoms with E-state index < -0.39 is 0 Å². The van der Waals surface area contributed by atoms with E-state index in [1.165, 1.54) is 0 Å². The molecule has 0 aliphatic carbocycles. The Labute approximate surface area is 150 Å². The molecule has 4 rings (SSSR count). The van der Waals surface area contributed by atoms with Crippen molar-refractivity contribution in [3.8, 4) is 5.75 Å². The molecular formula is C19H17ClN2O3. The number of benzene rings is 2. The van der Waals surface area contributed by atoms with Gasteiger partial charge in [0.05, 0.1) is 18.2 Å². The number of ether oxygens (including phenoxy) is 1. The van der Waals surface area contributed by atoms with E-state index in [2.05, 4.69) is 0 Å². The van der Waals surface area contributed by atoms with E-state index >= 15 is 0 Å². The first-order chi connectivity index (χ1) is 12.1. The van der Waals surface area contributed by atoms with Crippen molar-refractivity contribution in [1.82, 2.24) is 0 Å². The van der Waals surface area contributed by atoms with Gasteiger partial charge < -0.3 is 14.5 Å². The maximum Gasteiger partial charge on any atom is 0.232 e. The molecule has 6 heteroatoms. The van der Waals surface area contributed by atoms with Crippen molar-refractivity contribution in [2.24, 2.45) is 5.92 Å². The number of carbonyl (C=O) groups excluding carboxylic acids is 2. The van der Waals surface area contributed by atoms with Crippen LogP contribution in [0.3, 0.4) is 0 Å². The maximum absolute atomic E-state index is 13.0. The summed E-state index contributed by atoms with van der Waals surface area (Å²) < 4.78 is 5.61. The minimum atomic E-state index is -0.363. The molecule has 5 nitrogen and oxygen atoms in total. The second-order valence-electron chi connectivity index (χ2n) is 6.19. The van der Waals surface area contributed by atoms with Gasteiger partial charge in [0.25, 0.3) is 0 Å². The molecule has 0 N–H and O–H groups in total. The van der Waals surface area contributed by atoms with E-state index in [4.69, 9.17) is 16.3 Å². The molecule has 2 heterocycles. The fourth-order valence-corrected chi connectivity index (χ4v) is 3.57. The number of nitrogens with zero attached hydrogens (tertiary/aromatic N) is 2. The molecule has 2 amide bonds. The van der Waals surface area contributed by atoms with Gasteiger partial charge in [-0.3, -0.25) is 9.59 Å².